The molecule has 0 N–H and O–H groups in total. The van der Waals surface area contributed by atoms with E-state index in [0.717, 1.165) is 36.6 Å². The van der Waals surface area contributed by atoms with Gasteiger partial charge < -0.3 is 33.2 Å². The highest BCUT2D eigenvalue weighted by molar-refractivity contribution is 6.78. The van der Waals surface area contributed by atoms with Crippen molar-refractivity contribution in [1.29, 1.82) is 0 Å². The predicted octanol–water partition coefficient (Wildman–Crippen LogP) is 28.3. The Bertz CT molecular complexity index is 3710. The minimum Gasteiger partial charge on any atom is -0.497 e. The zero-order valence-electron chi connectivity index (χ0n) is 80.7. The van der Waals surface area contributed by atoms with Crippen LogP contribution in [0.25, 0.3) is 11.1 Å². The van der Waals surface area contributed by atoms with Gasteiger partial charge in [-0.25, -0.2) is 0 Å². The van der Waals surface area contributed by atoms with E-state index in [1.165, 1.54) is 117 Å². The van der Waals surface area contributed by atoms with Crippen molar-refractivity contribution < 1.29 is 57.2 Å². The highest BCUT2D eigenvalue weighted by atomic mass is 28.3. The van der Waals surface area contributed by atoms with E-state index in [2.05, 4.69) is 300 Å². The molecular formula is C106H162O12Si2. The molecule has 0 bridgehead atoms. The molecule has 0 heterocycles. The van der Waals surface area contributed by atoms with E-state index < -0.39 is 8.07 Å². The molecule has 1 aliphatic carbocycles. The van der Waals surface area contributed by atoms with Gasteiger partial charge in [0.15, 0.2) is 0 Å². The first-order chi connectivity index (χ1) is 56.1. The maximum atomic E-state index is 11.0. The summed E-state index contributed by atoms with van der Waals surface area (Å²) in [6, 6.07) is 78.0. The van der Waals surface area contributed by atoms with Gasteiger partial charge in [0.05, 0.1) is 13.7 Å². The summed E-state index contributed by atoms with van der Waals surface area (Å²) in [6.07, 6.45) is 9.32. The van der Waals surface area contributed by atoms with Gasteiger partial charge >= 0.3 is 29.8 Å². The quantitative estimate of drug-likeness (QED) is 0.0212. The number of hydrogen-bond donors (Lipinski definition) is 0. The Morgan fingerprint density at radius 2 is 0.742 bits per heavy atom. The van der Waals surface area contributed by atoms with Crippen LogP contribution in [0.1, 0.15) is 264 Å². The van der Waals surface area contributed by atoms with E-state index in [9.17, 15) is 28.8 Å². The highest BCUT2D eigenvalue weighted by Crippen LogP contribution is 2.45. The summed E-state index contributed by atoms with van der Waals surface area (Å²) in [5.41, 5.74) is 12.8. The Kier molecular flexibility index (Phi) is 68.6. The van der Waals surface area contributed by atoms with Crippen molar-refractivity contribution in [3.8, 4) is 16.9 Å². The first-order valence-corrected chi connectivity index (χ1v) is 47.8. The number of aryl methyl sites for hydroxylation is 2. The van der Waals surface area contributed by atoms with E-state index in [1.807, 2.05) is 113 Å². The summed E-state index contributed by atoms with van der Waals surface area (Å²) in [5, 5.41) is 1.06. The molecule has 120 heavy (non-hydrogen) atoms. The molecule has 0 unspecified atom stereocenters. The largest absolute Gasteiger partial charge is 0.497 e. The predicted molar refractivity (Wildman–Crippen MR) is 520 cm³/mol. The van der Waals surface area contributed by atoms with Gasteiger partial charge in [0, 0.05) is 63.5 Å². The number of Topliss-reactive ketones (excluding diaryl/α,β-unsaturated/α-hetero) is 1. The second-order valence-electron chi connectivity index (χ2n) is 34.1. The van der Waals surface area contributed by atoms with Crippen LogP contribution >= 0.6 is 0 Å². The van der Waals surface area contributed by atoms with Crippen LogP contribution < -0.4 is 4.74 Å². The SMILES string of the molecule is C=CCCC.C=CCOC(C)=O.CC.CC(=O)OC(C)(C)C.CC(=O)OCC1c2ccccc2-c2ccccc21.CC(=O)OCC[SiH2]C(C)(C)C.CC(=O)OCc1ccccc1.CC(C)(C)C.CC(C)(C)[Si](C)(C)C.CC(C)=O.CC(c1ccccc1)(c1ccccc1)c1ccccc1.CCC.CCc1ccc(OC)cc1.CCc1ccccc1. The molecule has 0 radical (unpaired) electrons. The number of allylic oxidation sites excluding steroid dienone is 1. The molecule has 0 aliphatic heterocycles. The van der Waals surface area contributed by atoms with Gasteiger partial charge in [-0.15, -0.1) is 6.58 Å². The third-order valence-electron chi connectivity index (χ3n) is 16.5. The second-order valence-corrected chi connectivity index (χ2v) is 43.4. The zero-order valence-corrected chi connectivity index (χ0v) is 83.1. The molecule has 0 aromatic heterocycles. The molecule has 666 valence electrons. The lowest BCUT2D eigenvalue weighted by atomic mass is 9.71. The molecule has 12 nitrogen and oxygen atoms in total. The minimum absolute atomic E-state index is 0.0706. The lowest BCUT2D eigenvalue weighted by Crippen LogP contribution is -2.32. The Morgan fingerprint density at radius 3 is 0.983 bits per heavy atom. The molecule has 0 saturated carbocycles. The van der Waals surface area contributed by atoms with Crippen LogP contribution in [-0.4, -0.2) is 85.8 Å². The minimum atomic E-state index is -0.859. The van der Waals surface area contributed by atoms with E-state index in [4.69, 9.17) is 23.7 Å². The molecule has 0 fully saturated rings. The summed E-state index contributed by atoms with van der Waals surface area (Å²) < 4.78 is 29.1. The molecule has 1 aliphatic rings. The van der Waals surface area contributed by atoms with Crippen LogP contribution in [-0.2, 0) is 77.3 Å². The number of hydrogen-bond acceptors (Lipinski definition) is 12. The fourth-order valence-electron chi connectivity index (χ4n) is 9.42. The molecular weight excluding hydrogens is 1520 g/mol. The number of benzene rings is 8. The number of ketones is 1. The first kappa shape index (κ1) is 119. The van der Waals surface area contributed by atoms with Gasteiger partial charge in [-0.2, -0.15) is 0 Å². The normalized spacial score (nSPS) is 10.5. The standard InChI is InChI=1S/C20H18.C16H14O2.C9H10O2.C9H12O.C8H18O2Si.C8H10.C7H18Si.C6H12O2.C5H8O2.C5H12.C5H10.C3H6O.C3H8.C2H6/c1-20(17-11-5-2-6-12-17,18-13-7-3-8-14-18)19-15-9-4-10-16-19;1-11(17)18-10-16-14-8-4-2-6-12(14)13-7-3-5-9-15(13)16;1-8(10)11-7-9-5-3-2-4-6-9;1-3-8-4-6-9(10-2)7-5-8;1-7(9)10-5-6-11-8(2,3)4;1-2-8-6-4-3-5-7-8;1-7(2,3)8(4,5)6;1-5(7)8-6(2,3)4;1-3-4-7-5(2)6;1-5(2,3)4;1-3-5-4-2;1-3(2)4;1-3-2;1-2/h2-16H,1H3;2-9,16H,10H2,1H3;2-6H,7H2,1H3;4-7H,3H2,1-2H3;5-6,11H2,1-4H3;3-7H,2H2,1H3;1-6H3;1-4H3;3H,1,4H2,2H3;1-4H3;3H,1,4-5H2,2H3;1-2H3;3H2,1-2H3;1-2H3. The van der Waals surface area contributed by atoms with Crippen LogP contribution in [0.3, 0.4) is 0 Å². The number of methoxy groups -OCH3 is 1. The maximum absolute atomic E-state index is 11.0. The fraction of sp³-hybridized carbons (Fsp3) is 0.453. The number of carbonyl (C=O) groups is 6. The summed E-state index contributed by atoms with van der Waals surface area (Å²) in [7, 11) is 0.752. The van der Waals surface area contributed by atoms with E-state index in [-0.39, 0.29) is 62.1 Å². The van der Waals surface area contributed by atoms with Crippen LogP contribution in [0, 0.1) is 5.41 Å². The van der Waals surface area contributed by atoms with Crippen molar-refractivity contribution in [3.63, 3.8) is 0 Å². The van der Waals surface area contributed by atoms with Gasteiger partial charge in [0.25, 0.3) is 0 Å². The topological polar surface area (TPSA) is 158 Å². The van der Waals surface area contributed by atoms with Crippen molar-refractivity contribution in [2.75, 3.05) is 26.9 Å². The number of esters is 5. The van der Waals surface area contributed by atoms with E-state index in [0.29, 0.717) is 41.9 Å². The average molecular weight is 1680 g/mol. The Labute approximate surface area is 734 Å². The van der Waals surface area contributed by atoms with Crippen LogP contribution in [0.15, 0.2) is 250 Å². The van der Waals surface area contributed by atoms with Gasteiger partial charge in [-0.3, -0.25) is 24.0 Å². The molecule has 9 rings (SSSR count). The molecule has 0 atom stereocenters. The summed E-state index contributed by atoms with van der Waals surface area (Å²) >= 11 is 0. The highest BCUT2D eigenvalue weighted by Gasteiger charge is 2.32. The molecule has 0 saturated heterocycles. The Morgan fingerprint density at radius 1 is 0.425 bits per heavy atom. The maximum Gasteiger partial charge on any atom is 0.303 e. The van der Waals surface area contributed by atoms with Gasteiger partial charge in [0.1, 0.15) is 37.0 Å². The Balaban J connectivity index is -0.000000410. The van der Waals surface area contributed by atoms with Crippen molar-refractivity contribution in [2.45, 2.75) is 285 Å². The third-order valence-corrected chi connectivity index (χ3v) is 23.2. The van der Waals surface area contributed by atoms with Gasteiger partial charge in [0.2, 0.25) is 0 Å². The summed E-state index contributed by atoms with van der Waals surface area (Å²) in [4.78, 5) is 61.4. The number of carbonyl (C=O) groups excluding carboxylic acids is 6. The van der Waals surface area contributed by atoms with Crippen molar-refractivity contribution in [2.24, 2.45) is 5.41 Å². The molecule has 8 aromatic rings. The van der Waals surface area contributed by atoms with E-state index in [1.54, 1.807) is 7.11 Å². The summed E-state index contributed by atoms with van der Waals surface area (Å²) in [5.74, 6) is 0.148. The number of fused-ring (bicyclic) bond motifs is 3. The van der Waals surface area contributed by atoms with Gasteiger partial charge in [-0.1, -0.05) is 381 Å². The monoisotopic (exact) mass is 1680 g/mol. The number of ether oxygens (including phenoxy) is 6. The smallest absolute Gasteiger partial charge is 0.303 e. The molecule has 0 amide bonds. The van der Waals surface area contributed by atoms with Crippen LogP contribution in [0.5, 0.6) is 5.75 Å². The van der Waals surface area contributed by atoms with Crippen molar-refractivity contribution >= 4 is 53.2 Å². The fourth-order valence-corrected chi connectivity index (χ4v) is 10.8. The molecule has 0 spiro atoms. The number of unbranched alkanes of at least 4 members (excludes halogenated alkanes) is 1. The first-order valence-electron chi connectivity index (χ1n) is 42.6. The second kappa shape index (κ2) is 69.2. The average Bonchev–Trinajstić information content (AvgIpc) is 1.64. The van der Waals surface area contributed by atoms with Crippen LogP contribution in [0.4, 0.5) is 0 Å². The third kappa shape index (κ3) is 67.3. The molecule has 14 heteroatoms. The zero-order chi connectivity index (χ0) is 93.0. The lowest BCUT2D eigenvalue weighted by Gasteiger charge is -2.32. The Hall–Kier alpha value is -9.51. The van der Waals surface area contributed by atoms with E-state index >= 15 is 0 Å². The van der Waals surface area contributed by atoms with Crippen LogP contribution in [0.2, 0.25) is 35.8 Å². The summed E-state index contributed by atoms with van der Waals surface area (Å²) in [6.45, 7) is 71.0. The van der Waals surface area contributed by atoms with Gasteiger partial charge in [-0.05, 0) is 150 Å². The molecule has 8 aromatic carbocycles. The number of rotatable bonds is 17. The lowest BCUT2D eigenvalue weighted by molar-refractivity contribution is -0.152. The van der Waals surface area contributed by atoms with Crippen molar-refractivity contribution in [3.05, 3.63) is 294 Å². The van der Waals surface area contributed by atoms with Crippen molar-refractivity contribution in [1.82, 2.24) is 0 Å².